The summed E-state index contributed by atoms with van der Waals surface area (Å²) in [7, 11) is 0. The van der Waals surface area contributed by atoms with Gasteiger partial charge >= 0.3 is 0 Å². The Balaban J connectivity index is 1.37. The van der Waals surface area contributed by atoms with E-state index in [0.717, 1.165) is 31.3 Å². The van der Waals surface area contributed by atoms with Crippen molar-refractivity contribution in [1.82, 2.24) is 20.1 Å². The first-order valence-electron chi connectivity index (χ1n) is 7.53. The highest BCUT2D eigenvalue weighted by Crippen LogP contribution is 2.42. The van der Waals surface area contributed by atoms with E-state index < -0.39 is 0 Å². The summed E-state index contributed by atoms with van der Waals surface area (Å²) in [6.07, 6.45) is 4.49. The molecule has 3 heterocycles. The van der Waals surface area contributed by atoms with Gasteiger partial charge in [-0.25, -0.2) is 4.98 Å². The maximum atomic E-state index is 4.44. The molecule has 0 bridgehead atoms. The van der Waals surface area contributed by atoms with Gasteiger partial charge in [-0.3, -0.25) is 4.90 Å². The Morgan fingerprint density at radius 1 is 1.19 bits per heavy atom. The molecular weight excluding hydrogens is 302 g/mol. The van der Waals surface area contributed by atoms with Crippen molar-refractivity contribution in [1.29, 1.82) is 0 Å². The molecule has 7 heteroatoms. The third kappa shape index (κ3) is 2.82. The van der Waals surface area contributed by atoms with Gasteiger partial charge in [0.05, 0.1) is 6.04 Å². The van der Waals surface area contributed by atoms with Gasteiger partial charge in [-0.05, 0) is 19.8 Å². The first kappa shape index (κ1) is 13.6. The highest BCUT2D eigenvalue weighted by Gasteiger charge is 2.29. The molecule has 2 fully saturated rings. The Labute approximate surface area is 132 Å². The minimum absolute atomic E-state index is 0.420. The lowest BCUT2D eigenvalue weighted by Gasteiger charge is -2.37. The van der Waals surface area contributed by atoms with Crippen molar-refractivity contribution in [2.24, 2.45) is 0 Å². The van der Waals surface area contributed by atoms with E-state index in [0.29, 0.717) is 12.0 Å². The number of anilines is 1. The molecular formula is C14H19N5S2. The van der Waals surface area contributed by atoms with Gasteiger partial charge in [-0.15, -0.1) is 21.5 Å². The van der Waals surface area contributed by atoms with Crippen LogP contribution in [-0.2, 0) is 0 Å². The van der Waals surface area contributed by atoms with Crippen molar-refractivity contribution >= 4 is 27.8 Å². The van der Waals surface area contributed by atoms with Crippen LogP contribution in [-0.4, -0.2) is 46.3 Å². The predicted molar refractivity (Wildman–Crippen MR) is 86.2 cm³/mol. The monoisotopic (exact) mass is 321 g/mol. The molecule has 2 aromatic heterocycles. The van der Waals surface area contributed by atoms with Gasteiger partial charge in [-0.2, -0.15) is 0 Å². The number of nitrogens with zero attached hydrogens (tertiary/aromatic N) is 5. The molecule has 21 heavy (non-hydrogen) atoms. The fourth-order valence-electron chi connectivity index (χ4n) is 2.75. The largest absolute Gasteiger partial charge is 0.344 e. The molecule has 2 aromatic rings. The zero-order valence-corrected chi connectivity index (χ0v) is 13.7. The number of thiazole rings is 1. The van der Waals surface area contributed by atoms with Crippen LogP contribution >= 0.6 is 22.7 Å². The summed E-state index contributed by atoms with van der Waals surface area (Å²) in [5, 5.41) is 14.4. The second-order valence-electron chi connectivity index (χ2n) is 5.77. The first-order chi connectivity index (χ1) is 10.3. The average Bonchev–Trinajstić information content (AvgIpc) is 3.05. The molecule has 0 N–H and O–H groups in total. The number of rotatable bonds is 4. The number of hydrogen-bond donors (Lipinski definition) is 0. The van der Waals surface area contributed by atoms with Gasteiger partial charge in [0.25, 0.3) is 0 Å². The molecule has 1 aliphatic carbocycles. The normalized spacial score (nSPS) is 21.7. The van der Waals surface area contributed by atoms with Crippen LogP contribution in [0.4, 0.5) is 5.13 Å². The number of piperazine rings is 1. The molecule has 0 amide bonds. The quantitative estimate of drug-likeness (QED) is 0.866. The van der Waals surface area contributed by atoms with E-state index in [1.807, 2.05) is 6.20 Å². The zero-order chi connectivity index (χ0) is 14.2. The Morgan fingerprint density at radius 2 is 2.00 bits per heavy atom. The van der Waals surface area contributed by atoms with E-state index in [2.05, 4.69) is 37.3 Å². The standard InChI is InChI=1S/C14H19N5S2/c1-10(12-15-4-9-20-12)18-5-7-19(8-6-18)14-17-16-13(21-14)11-2-3-11/h4,9-11H,2-3,5-8H2,1H3. The van der Waals surface area contributed by atoms with E-state index in [1.54, 1.807) is 22.7 Å². The summed E-state index contributed by atoms with van der Waals surface area (Å²) in [5.41, 5.74) is 0. The Hall–Kier alpha value is -1.05. The van der Waals surface area contributed by atoms with E-state index in [-0.39, 0.29) is 0 Å². The highest BCUT2D eigenvalue weighted by molar-refractivity contribution is 7.15. The van der Waals surface area contributed by atoms with Gasteiger partial charge in [0.1, 0.15) is 10.0 Å². The molecule has 1 atom stereocenters. The Kier molecular flexibility index (Phi) is 3.64. The smallest absolute Gasteiger partial charge is 0.208 e. The van der Waals surface area contributed by atoms with E-state index >= 15 is 0 Å². The van der Waals surface area contributed by atoms with Crippen molar-refractivity contribution in [2.75, 3.05) is 31.1 Å². The maximum Gasteiger partial charge on any atom is 0.208 e. The predicted octanol–water partition coefficient (Wildman–Crippen LogP) is 2.76. The van der Waals surface area contributed by atoms with Crippen molar-refractivity contribution < 1.29 is 0 Å². The van der Waals surface area contributed by atoms with Crippen LogP contribution in [0.2, 0.25) is 0 Å². The van der Waals surface area contributed by atoms with Crippen LogP contribution in [0.5, 0.6) is 0 Å². The summed E-state index contributed by atoms with van der Waals surface area (Å²) >= 11 is 3.54. The molecule has 1 unspecified atom stereocenters. The summed E-state index contributed by atoms with van der Waals surface area (Å²) in [5.74, 6) is 0.711. The Bertz CT molecular complexity index is 584. The van der Waals surface area contributed by atoms with Crippen LogP contribution in [0.25, 0.3) is 0 Å². The topological polar surface area (TPSA) is 45.2 Å². The molecule has 5 nitrogen and oxygen atoms in total. The van der Waals surface area contributed by atoms with Gasteiger partial charge < -0.3 is 4.90 Å². The third-order valence-electron chi connectivity index (χ3n) is 4.30. The number of hydrogen-bond acceptors (Lipinski definition) is 7. The van der Waals surface area contributed by atoms with Gasteiger partial charge in [0, 0.05) is 43.7 Å². The van der Waals surface area contributed by atoms with Gasteiger partial charge in [0.15, 0.2) is 0 Å². The summed E-state index contributed by atoms with van der Waals surface area (Å²) in [6.45, 7) is 6.47. The second-order valence-corrected chi connectivity index (χ2v) is 7.68. The minimum Gasteiger partial charge on any atom is -0.344 e. The molecule has 2 aliphatic rings. The van der Waals surface area contributed by atoms with Crippen LogP contribution in [0, 0.1) is 0 Å². The SMILES string of the molecule is CC(c1nccs1)N1CCN(c2nnc(C3CC3)s2)CC1. The minimum atomic E-state index is 0.420. The molecule has 4 rings (SSSR count). The highest BCUT2D eigenvalue weighted by atomic mass is 32.1. The fraction of sp³-hybridized carbons (Fsp3) is 0.643. The lowest BCUT2D eigenvalue weighted by molar-refractivity contribution is 0.198. The molecule has 1 saturated heterocycles. The van der Waals surface area contributed by atoms with E-state index in [9.17, 15) is 0 Å². The summed E-state index contributed by atoms with van der Waals surface area (Å²) in [6, 6.07) is 0.420. The Morgan fingerprint density at radius 3 is 2.67 bits per heavy atom. The van der Waals surface area contributed by atoms with E-state index in [4.69, 9.17) is 0 Å². The van der Waals surface area contributed by atoms with Crippen LogP contribution < -0.4 is 4.90 Å². The van der Waals surface area contributed by atoms with Crippen molar-refractivity contribution in [2.45, 2.75) is 31.7 Å². The zero-order valence-electron chi connectivity index (χ0n) is 12.1. The van der Waals surface area contributed by atoms with Crippen LogP contribution in [0.1, 0.15) is 41.7 Å². The third-order valence-corrected chi connectivity index (χ3v) is 6.39. The van der Waals surface area contributed by atoms with Gasteiger partial charge in [-0.1, -0.05) is 11.3 Å². The number of aromatic nitrogens is 3. The first-order valence-corrected chi connectivity index (χ1v) is 9.22. The lowest BCUT2D eigenvalue weighted by atomic mass is 10.2. The fourth-order valence-corrected chi connectivity index (χ4v) is 4.54. The lowest BCUT2D eigenvalue weighted by Crippen LogP contribution is -2.47. The summed E-state index contributed by atoms with van der Waals surface area (Å²) < 4.78 is 0. The van der Waals surface area contributed by atoms with E-state index in [1.165, 1.54) is 22.9 Å². The maximum absolute atomic E-state index is 4.44. The second kappa shape index (κ2) is 5.62. The molecule has 0 radical (unpaired) electrons. The summed E-state index contributed by atoms with van der Waals surface area (Å²) in [4.78, 5) is 9.34. The van der Waals surface area contributed by atoms with Crippen molar-refractivity contribution in [3.05, 3.63) is 21.6 Å². The molecule has 1 saturated carbocycles. The van der Waals surface area contributed by atoms with Crippen molar-refractivity contribution in [3.8, 4) is 0 Å². The van der Waals surface area contributed by atoms with Crippen molar-refractivity contribution in [3.63, 3.8) is 0 Å². The van der Waals surface area contributed by atoms with Crippen LogP contribution in [0.15, 0.2) is 11.6 Å². The van der Waals surface area contributed by atoms with Crippen LogP contribution in [0.3, 0.4) is 0 Å². The average molecular weight is 321 g/mol. The molecule has 0 aromatic carbocycles. The molecule has 1 aliphatic heterocycles. The van der Waals surface area contributed by atoms with Gasteiger partial charge in [0.2, 0.25) is 5.13 Å². The molecule has 0 spiro atoms. The molecule has 112 valence electrons.